The number of aliphatic imine (C=N–C) groups is 1. The topological polar surface area (TPSA) is 111 Å². The molecule has 25 heavy (non-hydrogen) atoms. The van der Waals surface area contributed by atoms with Crippen molar-refractivity contribution in [2.45, 2.75) is 52.7 Å². The van der Waals surface area contributed by atoms with Gasteiger partial charge in [0, 0.05) is 33.2 Å². The summed E-state index contributed by atoms with van der Waals surface area (Å²) >= 11 is 0. The fraction of sp³-hybridized carbons (Fsp3) is 0.824. The molecule has 0 radical (unpaired) electrons. The highest BCUT2D eigenvalue weighted by atomic mass is 16.6. The van der Waals surface area contributed by atoms with E-state index in [1.165, 1.54) is 0 Å². The van der Waals surface area contributed by atoms with Crippen LogP contribution >= 0.6 is 0 Å². The molecule has 2 amide bonds. The predicted molar refractivity (Wildman–Crippen MR) is 95.8 cm³/mol. The van der Waals surface area contributed by atoms with Gasteiger partial charge in [-0.05, 0) is 12.3 Å². The summed E-state index contributed by atoms with van der Waals surface area (Å²) in [6.45, 7) is 10.9. The van der Waals surface area contributed by atoms with Crippen LogP contribution in [0.25, 0.3) is 0 Å². The van der Waals surface area contributed by atoms with Gasteiger partial charge >= 0.3 is 0 Å². The maximum atomic E-state index is 12.8. The first-order chi connectivity index (χ1) is 11.5. The van der Waals surface area contributed by atoms with Gasteiger partial charge in [-0.25, -0.2) is 0 Å². The molecule has 1 rings (SSSR count). The summed E-state index contributed by atoms with van der Waals surface area (Å²) in [5, 5.41) is 12.0. The molecular formula is C17H33N4O4-. The molecule has 0 bridgehead atoms. The van der Waals surface area contributed by atoms with Crippen molar-refractivity contribution >= 4 is 17.9 Å². The molecule has 1 heterocycles. The van der Waals surface area contributed by atoms with Gasteiger partial charge in [0.05, 0.1) is 6.54 Å². The maximum absolute atomic E-state index is 12.8. The zero-order valence-corrected chi connectivity index (χ0v) is 15.9. The highest BCUT2D eigenvalue weighted by Crippen LogP contribution is 2.15. The lowest BCUT2D eigenvalue weighted by atomic mass is 10.0. The molecule has 2 N–H and O–H groups in total. The third-order valence-electron chi connectivity index (χ3n) is 3.75. The first-order valence-corrected chi connectivity index (χ1v) is 8.74. The van der Waals surface area contributed by atoms with E-state index in [1.807, 2.05) is 13.8 Å². The van der Waals surface area contributed by atoms with E-state index in [9.17, 15) is 14.7 Å². The van der Waals surface area contributed by atoms with Gasteiger partial charge in [0.1, 0.15) is 12.1 Å². The minimum atomic E-state index is -0.758. The second-order valence-corrected chi connectivity index (χ2v) is 7.66. The molecule has 0 aromatic heterocycles. The van der Waals surface area contributed by atoms with Gasteiger partial charge in [0.2, 0.25) is 11.8 Å². The lowest BCUT2D eigenvalue weighted by Crippen LogP contribution is -2.54. The molecule has 0 saturated carbocycles. The average molecular weight is 357 g/mol. The van der Waals surface area contributed by atoms with Crippen LogP contribution in [0.2, 0.25) is 0 Å². The van der Waals surface area contributed by atoms with Crippen molar-refractivity contribution in [2.75, 3.05) is 32.7 Å². The Morgan fingerprint density at radius 1 is 1.20 bits per heavy atom. The zero-order chi connectivity index (χ0) is 19.2. The molecule has 1 atom stereocenters. The number of ether oxygens (including phenoxy) is 1. The molecule has 0 aromatic carbocycles. The van der Waals surface area contributed by atoms with Crippen molar-refractivity contribution in [2.24, 2.45) is 16.6 Å². The Balaban J connectivity index is 0.00000625. The molecule has 0 aromatic rings. The largest absolute Gasteiger partial charge is 0.595 e. The summed E-state index contributed by atoms with van der Waals surface area (Å²) in [6.07, 6.45) is -0.247. The molecular weight excluding hydrogens is 324 g/mol. The Hall–Kier alpha value is -1.83. The number of hydrogen-bond acceptors (Lipinski definition) is 6. The van der Waals surface area contributed by atoms with Crippen LogP contribution in [0.3, 0.4) is 0 Å². The van der Waals surface area contributed by atoms with E-state index in [0.717, 1.165) is 0 Å². The molecule has 0 spiro atoms. The van der Waals surface area contributed by atoms with Gasteiger partial charge in [-0.2, -0.15) is 0 Å². The molecule has 8 heteroatoms. The van der Waals surface area contributed by atoms with E-state index in [0.29, 0.717) is 32.6 Å². The van der Waals surface area contributed by atoms with E-state index in [2.05, 4.69) is 4.99 Å². The molecule has 0 aliphatic carbocycles. The SMILES string of the molecule is CC(C)C[C@H](N=C([O-])OC(C)(C)C)C(=O)N1CCN(C(=O)CN)CC1.[HH]. The zero-order valence-electron chi connectivity index (χ0n) is 15.9. The maximum Gasteiger partial charge on any atom is 0.247 e. The van der Waals surface area contributed by atoms with Crippen LogP contribution in [0, 0.1) is 5.92 Å². The number of piperazine rings is 1. The van der Waals surface area contributed by atoms with Gasteiger partial charge in [-0.3, -0.25) is 14.6 Å². The van der Waals surface area contributed by atoms with Crippen molar-refractivity contribution in [3.05, 3.63) is 0 Å². The Labute approximate surface area is 151 Å². The third kappa shape index (κ3) is 7.29. The lowest BCUT2D eigenvalue weighted by Gasteiger charge is -2.36. The number of carbonyl (C=O) groups excluding carboxylic acids is 2. The van der Waals surface area contributed by atoms with Crippen molar-refractivity contribution in [1.82, 2.24) is 9.80 Å². The normalized spacial score (nSPS) is 17.6. The Bertz CT molecular complexity index is 497. The van der Waals surface area contributed by atoms with Crippen molar-refractivity contribution < 1.29 is 20.9 Å². The smallest absolute Gasteiger partial charge is 0.247 e. The molecule has 1 saturated heterocycles. The minimum absolute atomic E-state index is 0. The molecule has 8 nitrogen and oxygen atoms in total. The minimum Gasteiger partial charge on any atom is -0.595 e. The van der Waals surface area contributed by atoms with Crippen LogP contribution in [0.4, 0.5) is 0 Å². The Morgan fingerprint density at radius 3 is 2.16 bits per heavy atom. The predicted octanol–water partition coefficient (Wildman–Crippen LogP) is -0.192. The first kappa shape index (κ1) is 21.2. The fourth-order valence-corrected chi connectivity index (χ4v) is 2.59. The van der Waals surface area contributed by atoms with Crippen molar-refractivity contribution in [3.8, 4) is 0 Å². The summed E-state index contributed by atoms with van der Waals surface area (Å²) in [6, 6.07) is -0.758. The highest BCUT2D eigenvalue weighted by Gasteiger charge is 2.29. The molecule has 1 aliphatic heterocycles. The van der Waals surface area contributed by atoms with Crippen LogP contribution in [0.1, 0.15) is 42.5 Å². The fourth-order valence-electron chi connectivity index (χ4n) is 2.59. The van der Waals surface area contributed by atoms with Gasteiger partial charge in [0.15, 0.2) is 0 Å². The summed E-state index contributed by atoms with van der Waals surface area (Å²) < 4.78 is 5.21. The number of rotatable bonds is 5. The summed E-state index contributed by atoms with van der Waals surface area (Å²) in [5.41, 5.74) is 4.71. The number of nitrogens with zero attached hydrogens (tertiary/aromatic N) is 3. The van der Waals surface area contributed by atoms with E-state index < -0.39 is 17.7 Å². The van der Waals surface area contributed by atoms with Crippen LogP contribution in [0.15, 0.2) is 4.99 Å². The van der Waals surface area contributed by atoms with E-state index in [-0.39, 0.29) is 25.7 Å². The molecule has 0 unspecified atom stereocenters. The second-order valence-electron chi connectivity index (χ2n) is 7.66. The number of amides is 2. The monoisotopic (exact) mass is 357 g/mol. The number of carbonyl (C=O) groups is 2. The average Bonchev–Trinajstić information content (AvgIpc) is 2.50. The first-order valence-electron chi connectivity index (χ1n) is 8.74. The quantitative estimate of drug-likeness (QED) is 0.541. The van der Waals surface area contributed by atoms with Crippen molar-refractivity contribution in [1.29, 1.82) is 0 Å². The van der Waals surface area contributed by atoms with Crippen LogP contribution in [-0.4, -0.2) is 72.1 Å². The molecule has 1 fully saturated rings. The van der Waals surface area contributed by atoms with Gasteiger partial charge < -0.3 is 25.4 Å². The molecule has 1 aliphatic rings. The van der Waals surface area contributed by atoms with Crippen LogP contribution in [-0.2, 0) is 14.3 Å². The summed E-state index contributed by atoms with van der Waals surface area (Å²) in [5.74, 6) is -0.107. The van der Waals surface area contributed by atoms with Crippen LogP contribution < -0.4 is 10.8 Å². The standard InChI is InChI=1S/C17H32N4O4.H2/c1-12(2)10-13(19-16(24)25-17(3,4)5)15(23)21-8-6-20(7-9-21)14(22)11-18;/h12-13H,6-11,18H2,1-5H3,(H,19,24);1H/p-1/t13-;/m0./s1. The summed E-state index contributed by atoms with van der Waals surface area (Å²) in [4.78, 5) is 31.7. The second kappa shape index (κ2) is 9.03. The van der Waals surface area contributed by atoms with Gasteiger partial charge in [-0.1, -0.05) is 34.6 Å². The molecule has 146 valence electrons. The van der Waals surface area contributed by atoms with E-state index in [4.69, 9.17) is 10.5 Å². The lowest BCUT2D eigenvalue weighted by molar-refractivity contribution is -0.261. The third-order valence-corrected chi connectivity index (χ3v) is 3.75. The van der Waals surface area contributed by atoms with Gasteiger partial charge in [0.25, 0.3) is 0 Å². The highest BCUT2D eigenvalue weighted by molar-refractivity contribution is 5.84. The van der Waals surface area contributed by atoms with Crippen LogP contribution in [0.5, 0.6) is 0 Å². The number of hydrogen-bond donors (Lipinski definition) is 1. The number of nitrogens with two attached hydrogens (primary N) is 1. The van der Waals surface area contributed by atoms with E-state index >= 15 is 0 Å². The van der Waals surface area contributed by atoms with E-state index in [1.54, 1.807) is 30.6 Å². The van der Waals surface area contributed by atoms with Crippen molar-refractivity contribution in [3.63, 3.8) is 0 Å². The van der Waals surface area contributed by atoms with Gasteiger partial charge in [-0.15, -0.1) is 0 Å². The Kier molecular flexibility index (Phi) is 7.66. The summed E-state index contributed by atoms with van der Waals surface area (Å²) in [7, 11) is 0. The Morgan fingerprint density at radius 2 is 1.72 bits per heavy atom.